The van der Waals surface area contributed by atoms with Crippen LogP contribution in [0.15, 0.2) is 97.1 Å². The zero-order chi connectivity index (χ0) is 17.3. The van der Waals surface area contributed by atoms with Gasteiger partial charge in [-0.15, -0.1) is 0 Å². The van der Waals surface area contributed by atoms with Gasteiger partial charge in [-0.1, -0.05) is 97.1 Å². The van der Waals surface area contributed by atoms with E-state index in [1.807, 2.05) is 36.4 Å². The average molecular weight is 327 g/mol. The molecule has 1 saturated carbocycles. The molecule has 0 unspecified atom stereocenters. The summed E-state index contributed by atoms with van der Waals surface area (Å²) in [6.45, 7) is 0.555. The SMILES string of the molecule is NCC=C(c1ccccc1)c1ccccc1.c1ccc(C2CC2)cc1. The van der Waals surface area contributed by atoms with E-state index in [1.165, 1.54) is 35.1 Å². The van der Waals surface area contributed by atoms with Gasteiger partial charge in [-0.25, -0.2) is 0 Å². The Balaban J connectivity index is 0.000000170. The van der Waals surface area contributed by atoms with Crippen LogP contribution in [0.5, 0.6) is 0 Å². The Morgan fingerprint density at radius 3 is 1.56 bits per heavy atom. The van der Waals surface area contributed by atoms with Gasteiger partial charge in [0.1, 0.15) is 0 Å². The van der Waals surface area contributed by atoms with E-state index >= 15 is 0 Å². The Bertz CT molecular complexity index is 731. The van der Waals surface area contributed by atoms with Crippen LogP contribution in [0.3, 0.4) is 0 Å². The van der Waals surface area contributed by atoms with Gasteiger partial charge in [-0.05, 0) is 41.0 Å². The van der Waals surface area contributed by atoms with Crippen molar-refractivity contribution >= 4 is 5.57 Å². The lowest BCUT2D eigenvalue weighted by molar-refractivity contribution is 1.13. The second-order valence-corrected chi connectivity index (χ2v) is 6.27. The zero-order valence-corrected chi connectivity index (χ0v) is 14.5. The van der Waals surface area contributed by atoms with Crippen molar-refractivity contribution in [1.29, 1.82) is 0 Å². The van der Waals surface area contributed by atoms with E-state index in [4.69, 9.17) is 5.73 Å². The van der Waals surface area contributed by atoms with Crippen LogP contribution in [0.2, 0.25) is 0 Å². The quantitative estimate of drug-likeness (QED) is 0.659. The third-order valence-electron chi connectivity index (χ3n) is 4.34. The van der Waals surface area contributed by atoms with Gasteiger partial charge in [0.2, 0.25) is 0 Å². The highest BCUT2D eigenvalue weighted by molar-refractivity contribution is 5.79. The minimum Gasteiger partial charge on any atom is -0.327 e. The highest BCUT2D eigenvalue weighted by Gasteiger charge is 2.22. The van der Waals surface area contributed by atoms with E-state index in [-0.39, 0.29) is 0 Å². The molecule has 0 aromatic heterocycles. The summed E-state index contributed by atoms with van der Waals surface area (Å²) in [5.41, 5.74) is 10.8. The molecular weight excluding hydrogens is 302 g/mol. The number of hydrogen-bond acceptors (Lipinski definition) is 1. The van der Waals surface area contributed by atoms with Crippen LogP contribution in [0, 0.1) is 0 Å². The van der Waals surface area contributed by atoms with E-state index in [1.54, 1.807) is 0 Å². The molecule has 1 nitrogen and oxygen atoms in total. The molecule has 3 aromatic carbocycles. The van der Waals surface area contributed by atoms with Crippen molar-refractivity contribution in [2.45, 2.75) is 18.8 Å². The molecule has 0 aliphatic heterocycles. The number of rotatable bonds is 4. The smallest absolute Gasteiger partial charge is 0.0116 e. The Morgan fingerprint density at radius 2 is 1.16 bits per heavy atom. The molecule has 0 atom stereocenters. The maximum atomic E-state index is 5.63. The molecule has 2 N–H and O–H groups in total. The van der Waals surface area contributed by atoms with Crippen LogP contribution < -0.4 is 5.73 Å². The summed E-state index contributed by atoms with van der Waals surface area (Å²) in [6.07, 6.45) is 4.87. The average Bonchev–Trinajstić information content (AvgIpc) is 3.54. The molecule has 0 amide bonds. The van der Waals surface area contributed by atoms with Crippen LogP contribution in [0.25, 0.3) is 5.57 Å². The Labute approximate surface area is 150 Å². The molecule has 25 heavy (non-hydrogen) atoms. The molecule has 0 bridgehead atoms. The van der Waals surface area contributed by atoms with Crippen LogP contribution in [0.1, 0.15) is 35.4 Å². The second kappa shape index (κ2) is 9.00. The largest absolute Gasteiger partial charge is 0.327 e. The van der Waals surface area contributed by atoms with Crippen molar-refractivity contribution in [2.24, 2.45) is 5.73 Å². The fourth-order valence-electron chi connectivity index (χ4n) is 2.90. The van der Waals surface area contributed by atoms with Crippen molar-refractivity contribution in [3.05, 3.63) is 114 Å². The van der Waals surface area contributed by atoms with Gasteiger partial charge in [0.25, 0.3) is 0 Å². The second-order valence-electron chi connectivity index (χ2n) is 6.27. The zero-order valence-electron chi connectivity index (χ0n) is 14.5. The van der Waals surface area contributed by atoms with Gasteiger partial charge in [0, 0.05) is 6.54 Å². The van der Waals surface area contributed by atoms with Crippen molar-refractivity contribution in [3.8, 4) is 0 Å². The third-order valence-corrected chi connectivity index (χ3v) is 4.34. The lowest BCUT2D eigenvalue weighted by Crippen LogP contribution is -1.97. The Kier molecular flexibility index (Phi) is 6.19. The van der Waals surface area contributed by atoms with E-state index < -0.39 is 0 Å². The number of hydrogen-bond donors (Lipinski definition) is 1. The molecule has 1 heteroatoms. The maximum Gasteiger partial charge on any atom is 0.0116 e. The third kappa shape index (κ3) is 5.17. The molecule has 126 valence electrons. The van der Waals surface area contributed by atoms with E-state index in [0.29, 0.717) is 6.54 Å². The summed E-state index contributed by atoms with van der Waals surface area (Å²) in [4.78, 5) is 0. The topological polar surface area (TPSA) is 26.0 Å². The molecule has 1 aliphatic rings. The van der Waals surface area contributed by atoms with Crippen molar-refractivity contribution < 1.29 is 0 Å². The van der Waals surface area contributed by atoms with E-state index in [9.17, 15) is 0 Å². The van der Waals surface area contributed by atoms with Crippen molar-refractivity contribution in [2.75, 3.05) is 6.54 Å². The van der Waals surface area contributed by atoms with Gasteiger partial charge >= 0.3 is 0 Å². The Hall–Kier alpha value is -2.64. The molecule has 3 aromatic rings. The minimum absolute atomic E-state index is 0.555. The predicted octanol–water partition coefficient (Wildman–Crippen LogP) is 5.64. The van der Waals surface area contributed by atoms with Crippen LogP contribution in [0.4, 0.5) is 0 Å². The summed E-state index contributed by atoms with van der Waals surface area (Å²) in [7, 11) is 0. The molecule has 4 rings (SSSR count). The molecule has 0 spiro atoms. The van der Waals surface area contributed by atoms with Crippen LogP contribution in [-0.2, 0) is 0 Å². The number of nitrogens with two attached hydrogens (primary N) is 1. The summed E-state index contributed by atoms with van der Waals surface area (Å²) in [5, 5.41) is 0. The standard InChI is InChI=1S/C15H15N.C9H10/c16-12-11-15(13-7-3-1-4-8-13)14-9-5-2-6-10-14;1-2-4-8(5-3-1)9-6-7-9/h1-11H,12,16H2;1-5,9H,6-7H2. The first kappa shape index (κ1) is 17.2. The van der Waals surface area contributed by atoms with E-state index in [0.717, 1.165) is 5.92 Å². The van der Waals surface area contributed by atoms with Crippen molar-refractivity contribution in [3.63, 3.8) is 0 Å². The van der Waals surface area contributed by atoms with Gasteiger partial charge in [-0.3, -0.25) is 0 Å². The minimum atomic E-state index is 0.555. The summed E-state index contributed by atoms with van der Waals surface area (Å²) < 4.78 is 0. The first-order valence-corrected chi connectivity index (χ1v) is 8.94. The normalized spacial score (nSPS) is 12.7. The maximum absolute atomic E-state index is 5.63. The molecule has 1 aliphatic carbocycles. The fourth-order valence-corrected chi connectivity index (χ4v) is 2.90. The highest BCUT2D eigenvalue weighted by Crippen LogP contribution is 2.39. The summed E-state index contributed by atoms with van der Waals surface area (Å²) in [6, 6.07) is 31.4. The van der Waals surface area contributed by atoms with E-state index in [2.05, 4.69) is 60.7 Å². The first-order chi connectivity index (χ1) is 12.4. The monoisotopic (exact) mass is 327 g/mol. The molecular formula is C24H25N. The molecule has 0 saturated heterocycles. The van der Waals surface area contributed by atoms with Crippen LogP contribution in [-0.4, -0.2) is 6.54 Å². The lowest BCUT2D eigenvalue weighted by atomic mass is 9.98. The first-order valence-electron chi connectivity index (χ1n) is 8.94. The summed E-state index contributed by atoms with van der Waals surface area (Å²) >= 11 is 0. The van der Waals surface area contributed by atoms with Crippen LogP contribution >= 0.6 is 0 Å². The molecule has 1 fully saturated rings. The fraction of sp³-hybridized carbons (Fsp3) is 0.167. The number of benzene rings is 3. The lowest BCUT2D eigenvalue weighted by Gasteiger charge is -2.07. The Morgan fingerprint density at radius 1 is 0.720 bits per heavy atom. The van der Waals surface area contributed by atoms with Gasteiger partial charge in [0.15, 0.2) is 0 Å². The molecule has 0 heterocycles. The van der Waals surface area contributed by atoms with Gasteiger partial charge < -0.3 is 5.73 Å². The van der Waals surface area contributed by atoms with Crippen molar-refractivity contribution in [1.82, 2.24) is 0 Å². The molecule has 0 radical (unpaired) electrons. The summed E-state index contributed by atoms with van der Waals surface area (Å²) in [5.74, 6) is 0.909. The predicted molar refractivity (Wildman–Crippen MR) is 107 cm³/mol. The van der Waals surface area contributed by atoms with Gasteiger partial charge in [0.05, 0.1) is 0 Å². The highest BCUT2D eigenvalue weighted by atomic mass is 14.5. The van der Waals surface area contributed by atoms with Gasteiger partial charge in [-0.2, -0.15) is 0 Å².